The van der Waals surface area contributed by atoms with Crippen molar-refractivity contribution in [2.45, 2.75) is 47.0 Å². The van der Waals surface area contributed by atoms with Crippen molar-refractivity contribution in [2.24, 2.45) is 0 Å². The van der Waals surface area contributed by atoms with E-state index >= 15 is 0 Å². The second kappa shape index (κ2) is 7.77. The van der Waals surface area contributed by atoms with Crippen molar-refractivity contribution >= 4 is 28.5 Å². The van der Waals surface area contributed by atoms with Gasteiger partial charge in [0.2, 0.25) is 0 Å². The lowest BCUT2D eigenvalue weighted by molar-refractivity contribution is 0.735. The molecule has 0 radical (unpaired) electrons. The quantitative estimate of drug-likeness (QED) is 0.497. The number of thiophene rings is 1. The fraction of sp³-hybridized carbons (Fsp3) is 0.333. The molecule has 0 aliphatic heterocycles. The number of halogens is 1. The molecule has 0 unspecified atom stereocenters. The molecule has 0 spiro atoms. The van der Waals surface area contributed by atoms with Gasteiger partial charge in [-0.2, -0.15) is 0 Å². The molecule has 3 aromatic rings. The lowest BCUT2D eigenvalue weighted by Gasteiger charge is -2.13. The van der Waals surface area contributed by atoms with Crippen LogP contribution in [0, 0.1) is 20.8 Å². The van der Waals surface area contributed by atoms with E-state index in [4.69, 9.17) is 11.6 Å². The van der Waals surface area contributed by atoms with Gasteiger partial charge in [0, 0.05) is 21.9 Å². The third-order valence-electron chi connectivity index (χ3n) is 4.71. The highest BCUT2D eigenvalue weighted by molar-refractivity contribution is 7.15. The number of rotatable bonds is 6. The smallest absolute Gasteiger partial charge is 0.138 e. The molecule has 0 atom stereocenters. The SMILES string of the molecule is C=C(c1ccc(Cl)cc1)c1c(-n2c(C)nnc2CCCC)sc(C)c1C. The zero-order chi connectivity index (χ0) is 18.8. The highest BCUT2D eigenvalue weighted by Crippen LogP contribution is 2.39. The molecule has 0 amide bonds. The van der Waals surface area contributed by atoms with Crippen LogP contribution in [-0.2, 0) is 6.42 Å². The summed E-state index contributed by atoms with van der Waals surface area (Å²) in [5, 5.41) is 10.7. The van der Waals surface area contributed by atoms with Gasteiger partial charge in [0.1, 0.15) is 16.6 Å². The molecule has 0 N–H and O–H groups in total. The number of nitrogens with zero attached hydrogens (tertiary/aromatic N) is 3. The van der Waals surface area contributed by atoms with E-state index in [1.54, 1.807) is 11.3 Å². The van der Waals surface area contributed by atoms with E-state index in [9.17, 15) is 0 Å². The number of aromatic nitrogens is 3. The predicted molar refractivity (Wildman–Crippen MR) is 112 cm³/mol. The first kappa shape index (κ1) is 18.9. The Hall–Kier alpha value is -1.91. The molecule has 0 saturated carbocycles. The maximum atomic E-state index is 6.05. The first-order chi connectivity index (χ1) is 12.4. The summed E-state index contributed by atoms with van der Waals surface area (Å²) < 4.78 is 2.21. The van der Waals surface area contributed by atoms with Crippen molar-refractivity contribution < 1.29 is 0 Å². The van der Waals surface area contributed by atoms with Gasteiger partial charge in [-0.15, -0.1) is 21.5 Å². The summed E-state index contributed by atoms with van der Waals surface area (Å²) in [6, 6.07) is 7.87. The molecule has 0 fully saturated rings. The van der Waals surface area contributed by atoms with Crippen molar-refractivity contribution in [1.82, 2.24) is 14.8 Å². The number of hydrogen-bond acceptors (Lipinski definition) is 3. The van der Waals surface area contributed by atoms with Crippen LogP contribution in [0.3, 0.4) is 0 Å². The lowest BCUT2D eigenvalue weighted by Crippen LogP contribution is -2.04. The van der Waals surface area contributed by atoms with Gasteiger partial charge in [0.05, 0.1) is 0 Å². The molecule has 1 aromatic carbocycles. The van der Waals surface area contributed by atoms with E-state index in [1.807, 2.05) is 31.2 Å². The van der Waals surface area contributed by atoms with E-state index in [2.05, 4.69) is 42.1 Å². The average molecular weight is 386 g/mol. The van der Waals surface area contributed by atoms with Crippen molar-refractivity contribution in [2.75, 3.05) is 0 Å². The van der Waals surface area contributed by atoms with E-state index in [1.165, 1.54) is 16.0 Å². The Morgan fingerprint density at radius 3 is 2.50 bits per heavy atom. The fourth-order valence-electron chi connectivity index (χ4n) is 3.08. The first-order valence-electron chi connectivity index (χ1n) is 8.90. The second-order valence-electron chi connectivity index (χ2n) is 6.55. The van der Waals surface area contributed by atoms with E-state index < -0.39 is 0 Å². The number of benzene rings is 1. The Kier molecular flexibility index (Phi) is 5.64. The molecule has 0 aliphatic carbocycles. The van der Waals surface area contributed by atoms with Crippen LogP contribution in [0.4, 0.5) is 0 Å². The van der Waals surface area contributed by atoms with Crippen LogP contribution in [0.5, 0.6) is 0 Å². The number of unbranched alkanes of at least 4 members (excludes halogenated alkanes) is 1. The summed E-state index contributed by atoms with van der Waals surface area (Å²) in [7, 11) is 0. The maximum Gasteiger partial charge on any atom is 0.138 e. The van der Waals surface area contributed by atoms with Gasteiger partial charge < -0.3 is 0 Å². The molecule has 26 heavy (non-hydrogen) atoms. The third kappa shape index (κ3) is 3.49. The molecule has 3 rings (SSSR count). The molecule has 5 heteroatoms. The van der Waals surface area contributed by atoms with Gasteiger partial charge in [-0.05, 0) is 56.0 Å². The van der Waals surface area contributed by atoms with E-state index in [-0.39, 0.29) is 0 Å². The Bertz CT molecular complexity index is 935. The van der Waals surface area contributed by atoms with Crippen molar-refractivity contribution in [1.29, 1.82) is 0 Å². The van der Waals surface area contributed by atoms with Gasteiger partial charge >= 0.3 is 0 Å². The minimum absolute atomic E-state index is 0.733. The normalized spacial score (nSPS) is 11.1. The summed E-state index contributed by atoms with van der Waals surface area (Å²) in [5.74, 6) is 1.94. The Balaban J connectivity index is 2.13. The van der Waals surface area contributed by atoms with Crippen LogP contribution in [-0.4, -0.2) is 14.8 Å². The zero-order valence-electron chi connectivity index (χ0n) is 15.8. The molecule has 0 aliphatic rings. The van der Waals surface area contributed by atoms with Crippen molar-refractivity contribution in [3.8, 4) is 5.00 Å². The van der Waals surface area contributed by atoms with E-state index in [0.29, 0.717) is 0 Å². The molecular weight excluding hydrogens is 362 g/mol. The van der Waals surface area contributed by atoms with Gasteiger partial charge in [-0.1, -0.05) is 43.7 Å². The molecule has 3 nitrogen and oxygen atoms in total. The Morgan fingerprint density at radius 1 is 1.15 bits per heavy atom. The Morgan fingerprint density at radius 2 is 1.85 bits per heavy atom. The topological polar surface area (TPSA) is 30.7 Å². The van der Waals surface area contributed by atoms with Gasteiger partial charge in [0.25, 0.3) is 0 Å². The molecule has 2 heterocycles. The summed E-state index contributed by atoms with van der Waals surface area (Å²) >= 11 is 7.83. The molecule has 2 aromatic heterocycles. The number of hydrogen-bond donors (Lipinski definition) is 0. The lowest BCUT2D eigenvalue weighted by atomic mass is 9.97. The first-order valence-corrected chi connectivity index (χ1v) is 10.1. The van der Waals surface area contributed by atoms with Crippen molar-refractivity contribution in [3.05, 3.63) is 69.1 Å². The van der Waals surface area contributed by atoms with Crippen LogP contribution in [0.2, 0.25) is 5.02 Å². The summed E-state index contributed by atoms with van der Waals surface area (Å²) in [6.07, 6.45) is 3.17. The second-order valence-corrected chi connectivity index (χ2v) is 8.19. The van der Waals surface area contributed by atoms with Crippen LogP contribution in [0.25, 0.3) is 10.6 Å². The molecule has 0 bridgehead atoms. The third-order valence-corrected chi connectivity index (χ3v) is 6.15. The zero-order valence-corrected chi connectivity index (χ0v) is 17.3. The van der Waals surface area contributed by atoms with Crippen LogP contribution >= 0.6 is 22.9 Å². The maximum absolute atomic E-state index is 6.05. The average Bonchev–Trinajstić information content (AvgIpc) is 3.12. The molecular formula is C21H24ClN3S. The van der Waals surface area contributed by atoms with Crippen molar-refractivity contribution in [3.63, 3.8) is 0 Å². The summed E-state index contributed by atoms with van der Waals surface area (Å²) in [6.45, 7) is 12.9. The van der Waals surface area contributed by atoms with Gasteiger partial charge in [-0.3, -0.25) is 4.57 Å². The van der Waals surface area contributed by atoms with E-state index in [0.717, 1.165) is 52.1 Å². The highest BCUT2D eigenvalue weighted by Gasteiger charge is 2.21. The van der Waals surface area contributed by atoms with Gasteiger partial charge in [0.15, 0.2) is 0 Å². The molecule has 0 saturated heterocycles. The summed E-state index contributed by atoms with van der Waals surface area (Å²) in [5.41, 5.74) is 4.53. The van der Waals surface area contributed by atoms with Crippen LogP contribution in [0.15, 0.2) is 30.8 Å². The minimum atomic E-state index is 0.733. The standard InChI is InChI=1S/C21H24ClN3S/c1-6-7-8-19-24-23-16(5)25(19)21-20(13(2)15(4)26-21)14(3)17-9-11-18(22)12-10-17/h9-12H,3,6-8H2,1-2,4-5H3. The number of aryl methyl sites for hydroxylation is 3. The predicted octanol–water partition coefficient (Wildman–Crippen LogP) is 6.31. The largest absolute Gasteiger partial charge is 0.273 e. The Labute approximate surface area is 164 Å². The van der Waals surface area contributed by atoms with Crippen LogP contribution in [0.1, 0.15) is 53.0 Å². The monoisotopic (exact) mass is 385 g/mol. The fourth-order valence-corrected chi connectivity index (χ4v) is 4.46. The highest BCUT2D eigenvalue weighted by atomic mass is 35.5. The van der Waals surface area contributed by atoms with Crippen LogP contribution < -0.4 is 0 Å². The summed E-state index contributed by atoms with van der Waals surface area (Å²) in [4.78, 5) is 1.29. The minimum Gasteiger partial charge on any atom is -0.273 e. The van der Waals surface area contributed by atoms with Gasteiger partial charge in [-0.25, -0.2) is 0 Å². The molecule has 136 valence electrons.